The average molecular weight is 181 g/mol. The van der Waals surface area contributed by atoms with Crippen LogP contribution in [-0.2, 0) is 0 Å². The van der Waals surface area contributed by atoms with E-state index in [4.69, 9.17) is 5.26 Å². The van der Waals surface area contributed by atoms with E-state index in [0.717, 1.165) is 18.8 Å². The van der Waals surface area contributed by atoms with Crippen LogP contribution in [0.3, 0.4) is 0 Å². The molecule has 0 heterocycles. The predicted molar refractivity (Wildman–Crippen MR) is 57.4 cm³/mol. The molecule has 1 aliphatic rings. The van der Waals surface area contributed by atoms with E-state index in [1.165, 1.54) is 38.5 Å². The van der Waals surface area contributed by atoms with Gasteiger partial charge in [0.15, 0.2) is 0 Å². The van der Waals surface area contributed by atoms with Gasteiger partial charge in [0.25, 0.3) is 0 Å². The molecule has 1 saturated carbocycles. The molecular weight excluding hydrogens is 158 g/mol. The number of hydrogen-bond acceptors (Lipinski definition) is 1. The molecule has 0 spiro atoms. The van der Waals surface area contributed by atoms with Crippen LogP contribution in [0.1, 0.15) is 65.2 Å². The Morgan fingerprint density at radius 1 is 1.15 bits per heavy atom. The molecule has 0 radical (unpaired) electrons. The van der Waals surface area contributed by atoms with E-state index in [-0.39, 0.29) is 0 Å². The first-order chi connectivity index (χ1) is 6.43. The molecular formula is C12H23N. The van der Waals surface area contributed by atoms with E-state index >= 15 is 0 Å². The maximum atomic E-state index is 8.35. The minimum atomic E-state index is 0.760. The molecule has 1 rings (SSSR count). The first kappa shape index (κ1) is 12.5. The van der Waals surface area contributed by atoms with Crippen molar-refractivity contribution >= 4 is 0 Å². The van der Waals surface area contributed by atoms with E-state index in [9.17, 15) is 0 Å². The second-order valence-corrected chi connectivity index (χ2v) is 3.55. The zero-order valence-electron chi connectivity index (χ0n) is 9.18. The number of rotatable bonds is 3. The van der Waals surface area contributed by atoms with Crippen molar-refractivity contribution in [2.45, 2.75) is 65.2 Å². The molecule has 0 aliphatic heterocycles. The topological polar surface area (TPSA) is 23.8 Å². The van der Waals surface area contributed by atoms with Gasteiger partial charge in [-0.1, -0.05) is 46.0 Å². The highest BCUT2D eigenvalue weighted by Gasteiger charge is 2.11. The van der Waals surface area contributed by atoms with Crippen molar-refractivity contribution < 1.29 is 0 Å². The van der Waals surface area contributed by atoms with Crippen LogP contribution in [0, 0.1) is 17.2 Å². The normalized spacial score (nSPS) is 17.0. The van der Waals surface area contributed by atoms with Crippen LogP contribution in [-0.4, -0.2) is 0 Å². The molecule has 0 unspecified atom stereocenters. The van der Waals surface area contributed by atoms with Crippen LogP contribution in [0.2, 0.25) is 0 Å². The fraction of sp³-hybridized carbons (Fsp3) is 0.917. The zero-order chi connectivity index (χ0) is 9.94. The Kier molecular flexibility index (Phi) is 9.20. The summed E-state index contributed by atoms with van der Waals surface area (Å²) >= 11 is 0. The molecule has 76 valence electrons. The van der Waals surface area contributed by atoms with Gasteiger partial charge in [0.05, 0.1) is 6.07 Å². The molecule has 0 aromatic rings. The van der Waals surface area contributed by atoms with E-state index in [0.29, 0.717) is 0 Å². The Balaban J connectivity index is 0.000000671. The molecule has 1 nitrogen and oxygen atoms in total. The van der Waals surface area contributed by atoms with Gasteiger partial charge in [-0.3, -0.25) is 0 Å². The minimum absolute atomic E-state index is 0.760. The molecule has 0 bridgehead atoms. The Labute approximate surface area is 83.1 Å². The average Bonchev–Trinajstić information content (AvgIpc) is 2.23. The molecule has 1 heteroatoms. The smallest absolute Gasteiger partial charge is 0.0621 e. The Morgan fingerprint density at radius 3 is 2.31 bits per heavy atom. The Bertz CT molecular complexity index is 129. The highest BCUT2D eigenvalue weighted by atomic mass is 14.2. The summed E-state index contributed by atoms with van der Waals surface area (Å²) in [6.07, 6.45) is 10.3. The largest absolute Gasteiger partial charge is 0.198 e. The third-order valence-corrected chi connectivity index (χ3v) is 2.63. The fourth-order valence-electron chi connectivity index (χ4n) is 1.95. The lowest BCUT2D eigenvalue weighted by Gasteiger charge is -2.20. The summed E-state index contributed by atoms with van der Waals surface area (Å²) in [7, 11) is 0. The number of nitriles is 1. The van der Waals surface area contributed by atoms with Gasteiger partial charge in [-0.15, -0.1) is 0 Å². The molecule has 0 N–H and O–H groups in total. The van der Waals surface area contributed by atoms with Crippen molar-refractivity contribution in [3.8, 4) is 6.07 Å². The van der Waals surface area contributed by atoms with Gasteiger partial charge in [0.1, 0.15) is 0 Å². The molecule has 0 aromatic heterocycles. The van der Waals surface area contributed by atoms with E-state index in [1.54, 1.807) is 0 Å². The van der Waals surface area contributed by atoms with Crippen molar-refractivity contribution in [3.05, 3.63) is 0 Å². The highest BCUT2D eigenvalue weighted by molar-refractivity contribution is 4.71. The van der Waals surface area contributed by atoms with Gasteiger partial charge >= 0.3 is 0 Å². The molecule has 13 heavy (non-hydrogen) atoms. The van der Waals surface area contributed by atoms with Crippen molar-refractivity contribution in [2.24, 2.45) is 5.92 Å². The third-order valence-electron chi connectivity index (χ3n) is 2.63. The Morgan fingerprint density at radius 2 is 1.77 bits per heavy atom. The quantitative estimate of drug-likeness (QED) is 0.596. The van der Waals surface area contributed by atoms with Gasteiger partial charge in [0, 0.05) is 6.42 Å². The summed E-state index contributed by atoms with van der Waals surface area (Å²) in [5, 5.41) is 8.35. The number of hydrogen-bond donors (Lipinski definition) is 0. The second-order valence-electron chi connectivity index (χ2n) is 3.55. The first-order valence-electron chi connectivity index (χ1n) is 5.80. The van der Waals surface area contributed by atoms with Gasteiger partial charge in [-0.2, -0.15) is 5.26 Å². The lowest BCUT2D eigenvalue weighted by atomic mass is 9.86. The monoisotopic (exact) mass is 181 g/mol. The van der Waals surface area contributed by atoms with Crippen molar-refractivity contribution in [1.82, 2.24) is 0 Å². The molecule has 1 fully saturated rings. The van der Waals surface area contributed by atoms with Crippen molar-refractivity contribution in [3.63, 3.8) is 0 Å². The molecule has 0 atom stereocenters. The second kappa shape index (κ2) is 9.58. The zero-order valence-corrected chi connectivity index (χ0v) is 9.18. The van der Waals surface area contributed by atoms with Crippen LogP contribution in [0.4, 0.5) is 0 Å². The summed E-state index contributed by atoms with van der Waals surface area (Å²) in [4.78, 5) is 0. The predicted octanol–water partition coefficient (Wildman–Crippen LogP) is 4.29. The van der Waals surface area contributed by atoms with E-state index in [2.05, 4.69) is 6.07 Å². The van der Waals surface area contributed by atoms with Crippen LogP contribution in [0.15, 0.2) is 0 Å². The molecule has 0 aromatic carbocycles. The van der Waals surface area contributed by atoms with Crippen molar-refractivity contribution in [2.75, 3.05) is 0 Å². The number of unbranched alkanes of at least 4 members (excludes halogenated alkanes) is 1. The highest BCUT2D eigenvalue weighted by Crippen LogP contribution is 2.27. The lowest BCUT2D eigenvalue weighted by Crippen LogP contribution is -2.05. The van der Waals surface area contributed by atoms with Crippen molar-refractivity contribution in [1.29, 1.82) is 5.26 Å². The summed E-state index contributed by atoms with van der Waals surface area (Å²) in [5.74, 6) is 0.956. The Hall–Kier alpha value is -0.510. The van der Waals surface area contributed by atoms with Crippen LogP contribution >= 0.6 is 0 Å². The summed E-state index contributed by atoms with van der Waals surface area (Å²) in [6, 6.07) is 2.21. The van der Waals surface area contributed by atoms with Gasteiger partial charge in [-0.25, -0.2) is 0 Å². The fourth-order valence-corrected chi connectivity index (χ4v) is 1.95. The van der Waals surface area contributed by atoms with Crippen LogP contribution in [0.5, 0.6) is 0 Å². The maximum Gasteiger partial charge on any atom is 0.0621 e. The summed E-state index contributed by atoms with van der Waals surface area (Å²) in [6.45, 7) is 4.00. The first-order valence-corrected chi connectivity index (χ1v) is 5.80. The maximum absolute atomic E-state index is 8.35. The van der Waals surface area contributed by atoms with Gasteiger partial charge < -0.3 is 0 Å². The standard InChI is InChI=1S/C10H17N.C2H6/c11-9-5-4-8-10-6-2-1-3-7-10;1-2/h10H,1-8H2;1-2H3. The molecule has 0 saturated heterocycles. The molecule has 0 amide bonds. The van der Waals surface area contributed by atoms with Gasteiger partial charge in [0.2, 0.25) is 0 Å². The summed E-state index contributed by atoms with van der Waals surface area (Å²) < 4.78 is 0. The van der Waals surface area contributed by atoms with E-state index < -0.39 is 0 Å². The summed E-state index contributed by atoms with van der Waals surface area (Å²) in [5.41, 5.74) is 0. The molecule has 1 aliphatic carbocycles. The van der Waals surface area contributed by atoms with Crippen LogP contribution < -0.4 is 0 Å². The minimum Gasteiger partial charge on any atom is -0.198 e. The van der Waals surface area contributed by atoms with Crippen LogP contribution in [0.25, 0.3) is 0 Å². The van der Waals surface area contributed by atoms with E-state index in [1.807, 2.05) is 13.8 Å². The lowest BCUT2D eigenvalue weighted by molar-refractivity contribution is 0.333. The SMILES string of the molecule is CC.N#CCCCC1CCCCC1. The third kappa shape index (κ3) is 6.63. The number of nitrogens with zero attached hydrogens (tertiary/aromatic N) is 1. The van der Waals surface area contributed by atoms with Gasteiger partial charge in [-0.05, 0) is 18.8 Å².